The summed E-state index contributed by atoms with van der Waals surface area (Å²) in [6.07, 6.45) is -18.4. The number of aromatic hydroxyl groups is 2. The van der Waals surface area contributed by atoms with E-state index < -0.39 is 132 Å². The summed E-state index contributed by atoms with van der Waals surface area (Å²) in [6, 6.07) is 5.39. The van der Waals surface area contributed by atoms with Gasteiger partial charge in [0.15, 0.2) is 12.6 Å². The number of hydrogen-bond acceptors (Lipinski definition) is 18. The number of carbonyl (C=O) groups is 3. The zero-order valence-corrected chi connectivity index (χ0v) is 25.3. The molecule has 0 aromatic heterocycles. The van der Waals surface area contributed by atoms with Gasteiger partial charge < -0.3 is 74.4 Å². The lowest BCUT2D eigenvalue weighted by Crippen LogP contribution is -2.65. The number of hydrogen-bond donors (Lipinski definition) is 9. The summed E-state index contributed by atoms with van der Waals surface area (Å²) < 4.78 is 32.3. The molecule has 18 heteroatoms. The number of ether oxygens (including phenoxy) is 6. The monoisotopic (exact) mass is 682 g/mol. The van der Waals surface area contributed by atoms with E-state index in [2.05, 4.69) is 0 Å². The summed E-state index contributed by atoms with van der Waals surface area (Å²) in [5.41, 5.74) is -2.39. The Morgan fingerprint density at radius 3 is 2.15 bits per heavy atom. The predicted octanol–water partition coefficient (Wildman–Crippen LogP) is -3.17. The van der Waals surface area contributed by atoms with E-state index in [4.69, 9.17) is 28.4 Å². The second-order valence-electron chi connectivity index (χ2n) is 11.3. The third-order valence-corrected chi connectivity index (χ3v) is 8.28. The minimum absolute atomic E-state index is 0.335. The Morgan fingerprint density at radius 2 is 1.50 bits per heavy atom. The molecular formula is C30H34O18. The summed E-state index contributed by atoms with van der Waals surface area (Å²) in [5.74, 6) is -7.11. The Hall–Kier alpha value is -3.79. The van der Waals surface area contributed by atoms with Gasteiger partial charge in [-0.1, -0.05) is 12.1 Å². The smallest absolute Gasteiger partial charge is 0.337 e. The summed E-state index contributed by atoms with van der Waals surface area (Å²) >= 11 is 0. The van der Waals surface area contributed by atoms with E-state index in [0.717, 1.165) is 32.2 Å². The van der Waals surface area contributed by atoms with E-state index in [1.807, 2.05) is 0 Å². The molecule has 0 radical (unpaired) electrons. The van der Waals surface area contributed by atoms with Gasteiger partial charge in [-0.2, -0.15) is 0 Å². The van der Waals surface area contributed by atoms with E-state index in [0.29, 0.717) is 0 Å². The van der Waals surface area contributed by atoms with Gasteiger partial charge in [0.2, 0.25) is 11.6 Å². The number of aliphatic hydroxyl groups is 7. The fourth-order valence-corrected chi connectivity index (χ4v) is 5.83. The number of ketones is 1. The van der Waals surface area contributed by atoms with Crippen LogP contribution >= 0.6 is 0 Å². The maximum absolute atomic E-state index is 13.5. The van der Waals surface area contributed by atoms with Crippen LogP contribution in [0.2, 0.25) is 0 Å². The number of methoxy groups -OCH3 is 1. The number of benzene rings is 2. The molecule has 0 spiro atoms. The molecule has 3 aliphatic rings. The molecule has 18 nitrogen and oxygen atoms in total. The van der Waals surface area contributed by atoms with Gasteiger partial charge in [0, 0.05) is 18.1 Å². The summed E-state index contributed by atoms with van der Waals surface area (Å²) in [7, 11) is 1.04. The second kappa shape index (κ2) is 13.6. The molecule has 262 valence electrons. The number of phenolic OH excluding ortho intramolecular Hbond substituents is 2. The lowest BCUT2D eigenvalue weighted by Gasteiger charge is -2.47. The van der Waals surface area contributed by atoms with Crippen LogP contribution in [-0.4, -0.2) is 145 Å². The maximum atomic E-state index is 13.5. The molecule has 0 unspecified atom stereocenters. The van der Waals surface area contributed by atoms with Gasteiger partial charge in [-0.3, -0.25) is 9.59 Å². The molecule has 0 bridgehead atoms. The molecule has 11 atom stereocenters. The fraction of sp³-hybridized carbons (Fsp3) is 0.500. The van der Waals surface area contributed by atoms with Crippen molar-refractivity contribution in [2.75, 3.05) is 20.3 Å². The largest absolute Gasteiger partial charge is 0.507 e. The van der Waals surface area contributed by atoms with Crippen molar-refractivity contribution in [3.05, 3.63) is 58.1 Å². The first-order chi connectivity index (χ1) is 22.6. The van der Waals surface area contributed by atoms with Gasteiger partial charge in [0.1, 0.15) is 66.9 Å². The average molecular weight is 683 g/mol. The van der Waals surface area contributed by atoms with E-state index in [1.54, 1.807) is 0 Å². The van der Waals surface area contributed by atoms with Crippen LogP contribution in [0.4, 0.5) is 0 Å². The fourth-order valence-electron chi connectivity index (χ4n) is 5.83. The highest BCUT2D eigenvalue weighted by Crippen LogP contribution is 2.48. The molecule has 2 aromatic carbocycles. The quantitative estimate of drug-likeness (QED) is 0.0980. The van der Waals surface area contributed by atoms with E-state index >= 15 is 0 Å². The summed E-state index contributed by atoms with van der Waals surface area (Å²) in [6.45, 7) is -0.459. The molecule has 9 N–H and O–H groups in total. The maximum Gasteiger partial charge on any atom is 0.337 e. The van der Waals surface area contributed by atoms with Crippen LogP contribution in [0.5, 0.6) is 11.5 Å². The van der Waals surface area contributed by atoms with Crippen molar-refractivity contribution >= 4 is 17.7 Å². The first-order valence-corrected chi connectivity index (χ1v) is 14.5. The van der Waals surface area contributed by atoms with E-state index in [-0.39, 0.29) is 5.56 Å². The van der Waals surface area contributed by atoms with Crippen molar-refractivity contribution in [2.24, 2.45) is 0 Å². The molecule has 0 amide bonds. The number of rotatable bonds is 8. The normalized spacial score (nSPS) is 34.6. The van der Waals surface area contributed by atoms with Crippen LogP contribution < -0.4 is 0 Å². The third-order valence-electron chi connectivity index (χ3n) is 8.28. The molecule has 2 saturated heterocycles. The molecule has 5 rings (SSSR count). The number of phenols is 2. The average Bonchev–Trinajstić information content (AvgIpc) is 3.05. The standard InChI is InChI=1S/C30H34O18/c1-10(32)44-9-17-26(47-28-24(39)22(37)20(35)16(8-31)45-28)23(38)25(40)29(46-17)48-30(42)12-4-3-5-14(33)18(12)21(36)19-13(30)6-11(7-15(19)34)27(41)43-2/h3-7,16-17,20,22-26,28-29,31,33-35,37-40,42H,8-9H2,1-2H3/t16-,17-,20-,22+,23-,24-,25-,26-,28+,29+,30-/m1/s1. The summed E-state index contributed by atoms with van der Waals surface area (Å²) in [5, 5.41) is 96.3. The minimum atomic E-state index is -2.90. The molecular weight excluding hydrogens is 648 g/mol. The SMILES string of the molecule is COC(=O)c1cc(O)c2c(c1)[C@](O)(O[C@@H]1O[C@H](COC(C)=O)[C@@H](O[C@@H]3O[C@H](CO)[C@@H](O)[C@H](O)[C@H]3O)[C@H](O)[C@H]1O)c1cccc(O)c1C2=O. The predicted molar refractivity (Wildman–Crippen MR) is 151 cm³/mol. The van der Waals surface area contributed by atoms with Crippen LogP contribution in [-0.2, 0) is 39.0 Å². The van der Waals surface area contributed by atoms with Crippen molar-refractivity contribution < 1.29 is 88.8 Å². The number of fused-ring (bicyclic) bond motifs is 2. The van der Waals surface area contributed by atoms with Crippen LogP contribution in [0.3, 0.4) is 0 Å². The summed E-state index contributed by atoms with van der Waals surface area (Å²) in [4.78, 5) is 37.6. The third kappa shape index (κ3) is 6.12. The number of aliphatic hydroxyl groups excluding tert-OH is 6. The lowest BCUT2D eigenvalue weighted by atomic mass is 9.78. The van der Waals surface area contributed by atoms with Crippen molar-refractivity contribution in [1.82, 2.24) is 0 Å². The Labute approximate surface area is 270 Å². The number of carbonyl (C=O) groups excluding carboxylic acids is 3. The van der Waals surface area contributed by atoms with Gasteiger partial charge in [-0.15, -0.1) is 0 Å². The molecule has 2 heterocycles. The molecule has 2 fully saturated rings. The van der Waals surface area contributed by atoms with Crippen LogP contribution in [0.15, 0.2) is 30.3 Å². The Kier molecular flexibility index (Phi) is 10.1. The topological polar surface area (TPSA) is 289 Å². The van der Waals surface area contributed by atoms with Crippen molar-refractivity contribution in [3.8, 4) is 11.5 Å². The molecule has 2 aromatic rings. The highest BCUT2D eigenvalue weighted by Gasteiger charge is 2.55. The van der Waals surface area contributed by atoms with Gasteiger partial charge in [0.25, 0.3) is 0 Å². The van der Waals surface area contributed by atoms with E-state index in [9.17, 15) is 60.3 Å². The molecule has 2 aliphatic heterocycles. The molecule has 48 heavy (non-hydrogen) atoms. The Balaban J connectivity index is 1.54. The first-order valence-electron chi connectivity index (χ1n) is 14.5. The number of esters is 2. The Morgan fingerprint density at radius 1 is 0.854 bits per heavy atom. The minimum Gasteiger partial charge on any atom is -0.507 e. The second-order valence-corrected chi connectivity index (χ2v) is 11.3. The zero-order chi connectivity index (χ0) is 35.2. The van der Waals surface area contributed by atoms with Crippen molar-refractivity contribution in [1.29, 1.82) is 0 Å². The van der Waals surface area contributed by atoms with Crippen LogP contribution in [0.25, 0.3) is 0 Å². The van der Waals surface area contributed by atoms with Gasteiger partial charge in [-0.25, -0.2) is 4.79 Å². The van der Waals surface area contributed by atoms with E-state index in [1.165, 1.54) is 12.1 Å². The molecule has 0 saturated carbocycles. The zero-order valence-electron chi connectivity index (χ0n) is 25.3. The van der Waals surface area contributed by atoms with Crippen LogP contribution in [0, 0.1) is 0 Å². The van der Waals surface area contributed by atoms with Gasteiger partial charge in [-0.05, 0) is 18.2 Å². The van der Waals surface area contributed by atoms with Gasteiger partial charge in [0.05, 0.1) is 30.4 Å². The highest BCUT2D eigenvalue weighted by molar-refractivity contribution is 6.16. The Bertz CT molecular complexity index is 1560. The highest BCUT2D eigenvalue weighted by atomic mass is 16.8. The van der Waals surface area contributed by atoms with Gasteiger partial charge >= 0.3 is 11.9 Å². The lowest BCUT2D eigenvalue weighted by molar-refractivity contribution is -0.382. The first kappa shape index (κ1) is 35.5. The van der Waals surface area contributed by atoms with Crippen LogP contribution in [0.1, 0.15) is 44.3 Å². The van der Waals surface area contributed by atoms with Crippen molar-refractivity contribution in [3.63, 3.8) is 0 Å². The molecule has 1 aliphatic carbocycles. The van der Waals surface area contributed by atoms with Crippen molar-refractivity contribution in [2.45, 2.75) is 74.1 Å².